The molecule has 23 heavy (non-hydrogen) atoms. The van der Waals surface area contributed by atoms with Crippen molar-refractivity contribution in [2.45, 2.75) is 69.7 Å². The van der Waals surface area contributed by atoms with Crippen LogP contribution in [0.5, 0.6) is 0 Å². The minimum Gasteiger partial charge on any atom is -0.207 e. The van der Waals surface area contributed by atoms with Crippen molar-refractivity contribution in [3.05, 3.63) is 29.3 Å². The minimum absolute atomic E-state index is 0.163. The van der Waals surface area contributed by atoms with E-state index in [4.69, 9.17) is 0 Å². The summed E-state index contributed by atoms with van der Waals surface area (Å²) in [5.74, 6) is 0.617. The maximum atomic E-state index is 12.4. The van der Waals surface area contributed by atoms with Crippen molar-refractivity contribution in [2.24, 2.45) is 5.92 Å². The highest BCUT2D eigenvalue weighted by molar-refractivity contribution is 7.89. The molecule has 126 valence electrons. The fourth-order valence-corrected chi connectivity index (χ4v) is 4.61. The third-order valence-corrected chi connectivity index (χ3v) is 5.94. The van der Waals surface area contributed by atoms with Crippen LogP contribution in [0.2, 0.25) is 0 Å². The molecule has 1 fully saturated rings. The molecule has 1 saturated carbocycles. The molecule has 0 aromatic heterocycles. The molecule has 1 aromatic carbocycles. The molecule has 0 unspecified atom stereocenters. The second-order valence-corrected chi connectivity index (χ2v) is 9.18. The molecule has 0 saturated heterocycles. The normalized spacial score (nSPS) is 17.0. The van der Waals surface area contributed by atoms with Gasteiger partial charge in [-0.2, -0.15) is 5.26 Å². The van der Waals surface area contributed by atoms with E-state index in [2.05, 4.69) is 10.8 Å². The maximum absolute atomic E-state index is 12.4. The Bertz CT molecular complexity index is 691. The molecule has 1 aliphatic rings. The van der Waals surface area contributed by atoms with Gasteiger partial charge in [-0.3, -0.25) is 0 Å². The van der Waals surface area contributed by atoms with Gasteiger partial charge in [-0.25, -0.2) is 13.1 Å². The Morgan fingerprint density at radius 2 is 1.87 bits per heavy atom. The summed E-state index contributed by atoms with van der Waals surface area (Å²) in [7, 11) is -3.60. The summed E-state index contributed by atoms with van der Waals surface area (Å²) in [5, 5.41) is 9.41. The van der Waals surface area contributed by atoms with E-state index >= 15 is 0 Å². The van der Waals surface area contributed by atoms with E-state index in [0.717, 1.165) is 12.0 Å². The molecular weight excluding hydrogens is 308 g/mol. The predicted octanol–water partition coefficient (Wildman–Crippen LogP) is 3.76. The Labute approximate surface area is 140 Å². The third-order valence-electron chi connectivity index (χ3n) is 4.19. The number of benzene rings is 1. The topological polar surface area (TPSA) is 70.0 Å². The van der Waals surface area contributed by atoms with Crippen LogP contribution in [0.3, 0.4) is 0 Å². The van der Waals surface area contributed by atoms with Crippen LogP contribution in [0.1, 0.15) is 64.0 Å². The van der Waals surface area contributed by atoms with Gasteiger partial charge in [-0.05, 0) is 50.8 Å². The number of nitriles is 1. The molecule has 0 aliphatic heterocycles. The van der Waals surface area contributed by atoms with E-state index in [1.165, 1.54) is 38.2 Å². The number of rotatable bonds is 4. The van der Waals surface area contributed by atoms with Gasteiger partial charge in [0.15, 0.2) is 0 Å². The molecule has 0 bridgehead atoms. The van der Waals surface area contributed by atoms with Crippen molar-refractivity contribution in [3.8, 4) is 6.07 Å². The van der Waals surface area contributed by atoms with Gasteiger partial charge in [0.05, 0.1) is 16.5 Å². The van der Waals surface area contributed by atoms with Gasteiger partial charge in [-0.15, -0.1) is 0 Å². The highest BCUT2D eigenvalue weighted by Crippen LogP contribution is 2.28. The van der Waals surface area contributed by atoms with E-state index in [-0.39, 0.29) is 4.90 Å². The average Bonchev–Trinajstić information content (AvgIpc) is 2.46. The number of nitrogens with one attached hydrogen (secondary N) is 1. The van der Waals surface area contributed by atoms with Crippen molar-refractivity contribution in [2.75, 3.05) is 0 Å². The van der Waals surface area contributed by atoms with E-state index in [9.17, 15) is 13.7 Å². The average molecular weight is 334 g/mol. The van der Waals surface area contributed by atoms with Gasteiger partial charge in [0, 0.05) is 5.54 Å². The molecule has 1 aliphatic carbocycles. The molecule has 2 rings (SSSR count). The van der Waals surface area contributed by atoms with E-state index in [0.29, 0.717) is 11.5 Å². The van der Waals surface area contributed by atoms with Crippen molar-refractivity contribution >= 4 is 10.0 Å². The van der Waals surface area contributed by atoms with Crippen LogP contribution in [0.15, 0.2) is 23.1 Å². The minimum atomic E-state index is -3.60. The lowest BCUT2D eigenvalue weighted by Gasteiger charge is -2.23. The van der Waals surface area contributed by atoms with Crippen LogP contribution < -0.4 is 4.72 Å². The quantitative estimate of drug-likeness (QED) is 0.911. The molecule has 5 heteroatoms. The molecule has 0 amide bonds. The zero-order chi connectivity index (χ0) is 17.1. The van der Waals surface area contributed by atoms with Gasteiger partial charge in [0.25, 0.3) is 0 Å². The number of nitrogens with zero attached hydrogens (tertiary/aromatic N) is 1. The van der Waals surface area contributed by atoms with Gasteiger partial charge >= 0.3 is 0 Å². The van der Waals surface area contributed by atoms with Crippen LogP contribution in [0.4, 0.5) is 0 Å². The van der Waals surface area contributed by atoms with E-state index in [1.807, 2.05) is 6.07 Å². The fraction of sp³-hybridized carbons (Fsp3) is 0.611. The Kier molecular flexibility index (Phi) is 5.49. The Balaban J connectivity index is 2.24. The monoisotopic (exact) mass is 334 g/mol. The Hall–Kier alpha value is -1.38. The Morgan fingerprint density at radius 3 is 2.43 bits per heavy atom. The van der Waals surface area contributed by atoms with Crippen LogP contribution in [-0.4, -0.2) is 14.0 Å². The first-order valence-corrected chi connectivity index (χ1v) is 9.76. The van der Waals surface area contributed by atoms with E-state index in [1.54, 1.807) is 26.8 Å². The van der Waals surface area contributed by atoms with Crippen molar-refractivity contribution < 1.29 is 8.42 Å². The SMILES string of the molecule is CC(C)(C)NS(=O)(=O)c1ccc(CC2CCCCC2)c(C#N)c1. The van der Waals surface area contributed by atoms with E-state index < -0.39 is 15.6 Å². The molecule has 0 radical (unpaired) electrons. The van der Waals surface area contributed by atoms with Crippen LogP contribution in [0, 0.1) is 17.2 Å². The second-order valence-electron chi connectivity index (χ2n) is 7.49. The summed E-state index contributed by atoms with van der Waals surface area (Å²) in [6.45, 7) is 5.40. The van der Waals surface area contributed by atoms with Crippen molar-refractivity contribution in [1.82, 2.24) is 4.72 Å². The standard InChI is InChI=1S/C18H26N2O2S/c1-18(2,3)20-23(21,22)17-10-9-15(16(12-17)13-19)11-14-7-5-4-6-8-14/h9-10,12,14,20H,4-8,11H2,1-3H3. The molecular formula is C18H26N2O2S. The molecule has 0 spiro atoms. The summed E-state index contributed by atoms with van der Waals surface area (Å²) in [5.41, 5.74) is 0.897. The number of hydrogen-bond acceptors (Lipinski definition) is 3. The number of sulfonamides is 1. The summed E-state index contributed by atoms with van der Waals surface area (Å²) in [6, 6.07) is 7.10. The first-order valence-electron chi connectivity index (χ1n) is 8.28. The molecule has 0 atom stereocenters. The molecule has 1 N–H and O–H groups in total. The largest absolute Gasteiger partial charge is 0.241 e. The lowest BCUT2D eigenvalue weighted by atomic mass is 9.84. The molecule has 0 heterocycles. The van der Waals surface area contributed by atoms with Crippen LogP contribution >= 0.6 is 0 Å². The Morgan fingerprint density at radius 1 is 1.22 bits per heavy atom. The summed E-state index contributed by atoms with van der Waals surface area (Å²) in [4.78, 5) is 0.163. The van der Waals surface area contributed by atoms with Gasteiger partial charge in [0.1, 0.15) is 0 Å². The predicted molar refractivity (Wildman–Crippen MR) is 91.5 cm³/mol. The lowest BCUT2D eigenvalue weighted by Crippen LogP contribution is -2.40. The smallest absolute Gasteiger partial charge is 0.207 e. The van der Waals surface area contributed by atoms with Crippen molar-refractivity contribution in [3.63, 3.8) is 0 Å². The highest BCUT2D eigenvalue weighted by atomic mass is 32.2. The summed E-state index contributed by atoms with van der Waals surface area (Å²) >= 11 is 0. The van der Waals surface area contributed by atoms with Gasteiger partial charge in [0.2, 0.25) is 10.0 Å². The molecule has 4 nitrogen and oxygen atoms in total. The zero-order valence-corrected chi connectivity index (χ0v) is 15.0. The van der Waals surface area contributed by atoms with Gasteiger partial charge in [-0.1, -0.05) is 38.2 Å². The van der Waals surface area contributed by atoms with Crippen LogP contribution in [0.25, 0.3) is 0 Å². The maximum Gasteiger partial charge on any atom is 0.241 e. The third kappa shape index (κ3) is 5.05. The lowest BCUT2D eigenvalue weighted by molar-refractivity contribution is 0.356. The fourth-order valence-electron chi connectivity index (χ4n) is 3.17. The zero-order valence-electron chi connectivity index (χ0n) is 14.2. The first kappa shape index (κ1) is 18.0. The first-order chi connectivity index (χ1) is 10.7. The number of hydrogen-bond donors (Lipinski definition) is 1. The van der Waals surface area contributed by atoms with Gasteiger partial charge < -0.3 is 0 Å². The highest BCUT2D eigenvalue weighted by Gasteiger charge is 2.23. The summed E-state index contributed by atoms with van der Waals surface area (Å²) < 4.78 is 27.4. The van der Waals surface area contributed by atoms with Crippen molar-refractivity contribution in [1.29, 1.82) is 5.26 Å². The van der Waals surface area contributed by atoms with Crippen LogP contribution in [-0.2, 0) is 16.4 Å². The second kappa shape index (κ2) is 7.02. The summed E-state index contributed by atoms with van der Waals surface area (Å²) in [6.07, 6.45) is 7.10. The molecule has 1 aromatic rings.